The van der Waals surface area contributed by atoms with Gasteiger partial charge in [-0.05, 0) is 41.4 Å². The molecule has 1 aromatic rings. The Balaban J connectivity index is 0. The Bertz CT molecular complexity index is 305. The Kier molecular flexibility index (Phi) is 10.2. The number of rotatable bonds is 1. The van der Waals surface area contributed by atoms with Crippen LogP contribution in [0.2, 0.25) is 0 Å². The Morgan fingerprint density at radius 3 is 2.36 bits per heavy atom. The molecule has 14 heavy (non-hydrogen) atoms. The average Bonchev–Trinajstić information content (AvgIpc) is 2.14. The maximum atomic E-state index is 10.4. The van der Waals surface area contributed by atoms with Gasteiger partial charge in [0, 0.05) is 10.2 Å². The molecule has 0 amide bonds. The summed E-state index contributed by atoms with van der Waals surface area (Å²) in [5.74, 6) is 0. The number of carbonyl (C=O) groups is 1. The van der Waals surface area contributed by atoms with Gasteiger partial charge in [-0.15, -0.1) is 0 Å². The van der Waals surface area contributed by atoms with Crippen molar-refractivity contribution in [2.45, 2.75) is 13.8 Å². The molecule has 0 saturated carbocycles. The Morgan fingerprint density at radius 1 is 1.43 bits per heavy atom. The molecule has 0 atom stereocenters. The Morgan fingerprint density at radius 2 is 1.93 bits per heavy atom. The number of hydrogen-bond acceptors (Lipinski definition) is 3. The fourth-order valence-electron chi connectivity index (χ4n) is 0.928. The fraction of sp³-hybridized carbons (Fsp3) is 0.333. The molecule has 5 heteroatoms. The molecule has 1 aromatic heterocycles. The van der Waals surface area contributed by atoms with Crippen molar-refractivity contribution < 1.29 is 39.5 Å². The molecule has 0 aromatic carbocycles. The van der Waals surface area contributed by atoms with Crippen molar-refractivity contribution in [3.8, 4) is 0 Å². The molecule has 0 aliphatic rings. The summed E-state index contributed by atoms with van der Waals surface area (Å²) in [5, 5.41) is 8.25. The number of nitrogens with zero attached hydrogens (tertiary/aromatic N) is 1. The van der Waals surface area contributed by atoms with E-state index in [9.17, 15) is 4.79 Å². The fourth-order valence-corrected chi connectivity index (χ4v) is 1.22. The zero-order chi connectivity index (χ0) is 10.4. The van der Waals surface area contributed by atoms with Crippen molar-refractivity contribution in [2.75, 3.05) is 7.11 Å². The van der Waals surface area contributed by atoms with Crippen molar-refractivity contribution in [3.63, 3.8) is 0 Å². The smallest absolute Gasteiger partial charge is 0.857 e. The maximum absolute atomic E-state index is 10.4. The molecule has 0 fully saturated rings. The quantitative estimate of drug-likeness (QED) is 0.448. The minimum atomic E-state index is 0. The second kappa shape index (κ2) is 8.56. The Hall–Kier alpha value is 0.260. The van der Waals surface area contributed by atoms with Gasteiger partial charge in [0.25, 0.3) is 0 Å². The van der Waals surface area contributed by atoms with Crippen LogP contribution in [0.5, 0.6) is 0 Å². The third-order valence-electron chi connectivity index (χ3n) is 1.40. The van der Waals surface area contributed by atoms with Gasteiger partial charge < -0.3 is 5.11 Å². The van der Waals surface area contributed by atoms with Crippen LogP contribution in [0.15, 0.2) is 10.5 Å². The number of carbonyl (C=O) groups excluding carboxylic acids is 1. The summed E-state index contributed by atoms with van der Waals surface area (Å²) in [6, 6.07) is 1.93. The van der Waals surface area contributed by atoms with Gasteiger partial charge in [0.05, 0.1) is 0 Å². The summed E-state index contributed by atoms with van der Waals surface area (Å²) >= 11 is 3.28. The molecule has 0 radical (unpaired) electrons. The van der Waals surface area contributed by atoms with Crippen LogP contribution in [0.4, 0.5) is 0 Å². The molecule has 1 heterocycles. The van der Waals surface area contributed by atoms with Gasteiger partial charge in [0.1, 0.15) is 5.69 Å². The largest absolute Gasteiger partial charge is 1.00 e. The molecule has 0 aliphatic heterocycles. The predicted octanol–water partition coefficient (Wildman–Crippen LogP) is -1.75. The molecule has 0 N–H and O–H groups in total. The first kappa shape index (κ1) is 16.7. The van der Waals surface area contributed by atoms with Crippen LogP contribution in [0, 0.1) is 13.8 Å². The van der Waals surface area contributed by atoms with E-state index < -0.39 is 0 Å². The van der Waals surface area contributed by atoms with Crippen LogP contribution >= 0.6 is 15.9 Å². The molecular formula is C9H11BrNNaO2. The van der Waals surface area contributed by atoms with Crippen LogP contribution in [-0.2, 0) is 0 Å². The van der Waals surface area contributed by atoms with Gasteiger partial charge in [-0.3, -0.25) is 4.79 Å². The normalized spacial score (nSPS) is 8.07. The summed E-state index contributed by atoms with van der Waals surface area (Å²) in [4.78, 5) is 14.5. The number of aromatic nitrogens is 1. The van der Waals surface area contributed by atoms with Gasteiger partial charge in [0.2, 0.25) is 0 Å². The molecule has 1 rings (SSSR count). The average molecular weight is 268 g/mol. The van der Waals surface area contributed by atoms with E-state index in [-0.39, 0.29) is 29.6 Å². The number of aryl methyl sites for hydroxylation is 2. The molecule has 0 spiro atoms. The van der Waals surface area contributed by atoms with Crippen LogP contribution in [0.1, 0.15) is 21.7 Å². The summed E-state index contributed by atoms with van der Waals surface area (Å²) in [6.07, 6.45) is 0.754. The topological polar surface area (TPSA) is 53.0 Å². The van der Waals surface area contributed by atoms with Gasteiger partial charge in [-0.25, -0.2) is 4.98 Å². The van der Waals surface area contributed by atoms with E-state index in [0.29, 0.717) is 5.69 Å². The van der Waals surface area contributed by atoms with Crippen LogP contribution in [0.3, 0.4) is 0 Å². The predicted molar refractivity (Wildman–Crippen MR) is 52.7 cm³/mol. The first-order valence-corrected chi connectivity index (χ1v) is 4.44. The summed E-state index contributed by atoms with van der Waals surface area (Å²) in [7, 11) is 0.750. The zero-order valence-corrected chi connectivity index (χ0v) is 12.4. The van der Waals surface area contributed by atoms with Gasteiger partial charge >= 0.3 is 29.6 Å². The zero-order valence-electron chi connectivity index (χ0n) is 8.80. The van der Waals surface area contributed by atoms with Gasteiger partial charge in [0.15, 0.2) is 6.29 Å². The standard InChI is InChI=1S/C8H8BrNO.CH3O.Na/c1-5-3-6(2)10-7(4-11)8(5)9;1-2;/h3-4H,1-2H3;1H3;/q;-1;+1. The van der Waals surface area contributed by atoms with Crippen LogP contribution in [-0.4, -0.2) is 18.4 Å². The minimum Gasteiger partial charge on any atom is -0.857 e. The Labute approximate surface area is 114 Å². The molecule has 3 nitrogen and oxygen atoms in total. The molecule has 0 aliphatic carbocycles. The summed E-state index contributed by atoms with van der Waals surface area (Å²) in [6.45, 7) is 3.80. The molecule has 0 unspecified atom stereocenters. The third-order valence-corrected chi connectivity index (χ3v) is 2.44. The number of halogens is 1. The molecule has 0 bridgehead atoms. The number of hydrogen-bond donors (Lipinski definition) is 0. The summed E-state index contributed by atoms with van der Waals surface area (Å²) < 4.78 is 0.790. The van der Waals surface area contributed by atoms with Crippen molar-refractivity contribution in [1.82, 2.24) is 4.98 Å². The van der Waals surface area contributed by atoms with Crippen LogP contribution < -0.4 is 34.7 Å². The van der Waals surface area contributed by atoms with E-state index in [4.69, 9.17) is 5.11 Å². The van der Waals surface area contributed by atoms with Crippen molar-refractivity contribution >= 4 is 22.2 Å². The monoisotopic (exact) mass is 267 g/mol. The molecule has 0 saturated heterocycles. The van der Waals surface area contributed by atoms with Gasteiger partial charge in [-0.2, -0.15) is 7.11 Å². The third kappa shape index (κ3) is 4.66. The number of pyridine rings is 1. The van der Waals surface area contributed by atoms with E-state index in [1.54, 1.807) is 0 Å². The van der Waals surface area contributed by atoms with E-state index in [1.807, 2.05) is 19.9 Å². The van der Waals surface area contributed by atoms with E-state index in [1.165, 1.54) is 0 Å². The SMILES string of the molecule is C[O-].Cc1cc(C)c(Br)c(C=O)n1.[Na+]. The molecule has 72 valence electrons. The number of aldehydes is 1. The van der Waals surface area contributed by atoms with Crippen molar-refractivity contribution in [2.24, 2.45) is 0 Å². The minimum absolute atomic E-state index is 0. The summed E-state index contributed by atoms with van der Waals surface area (Å²) in [5.41, 5.74) is 2.38. The molecular weight excluding hydrogens is 257 g/mol. The first-order chi connectivity index (χ1) is 6.15. The van der Waals surface area contributed by atoms with E-state index in [0.717, 1.165) is 29.1 Å². The van der Waals surface area contributed by atoms with Crippen molar-refractivity contribution in [1.29, 1.82) is 0 Å². The first-order valence-electron chi connectivity index (χ1n) is 3.65. The van der Waals surface area contributed by atoms with Crippen LogP contribution in [0.25, 0.3) is 0 Å². The van der Waals surface area contributed by atoms with Crippen molar-refractivity contribution in [3.05, 3.63) is 27.5 Å². The van der Waals surface area contributed by atoms with E-state index >= 15 is 0 Å². The van der Waals surface area contributed by atoms with E-state index in [2.05, 4.69) is 20.9 Å². The second-order valence-electron chi connectivity index (χ2n) is 2.40. The second-order valence-corrected chi connectivity index (χ2v) is 3.19. The van der Waals surface area contributed by atoms with Gasteiger partial charge in [-0.1, -0.05) is 0 Å². The maximum Gasteiger partial charge on any atom is 1.00 e.